The quantitative estimate of drug-likeness (QED) is 0.796. The topological polar surface area (TPSA) is 58.2 Å². The van der Waals surface area contributed by atoms with E-state index in [4.69, 9.17) is 0 Å². The van der Waals surface area contributed by atoms with Crippen molar-refractivity contribution in [1.29, 1.82) is 0 Å². The summed E-state index contributed by atoms with van der Waals surface area (Å²) in [4.78, 5) is 24.7. The summed E-state index contributed by atoms with van der Waals surface area (Å²) >= 11 is 0. The highest BCUT2D eigenvalue weighted by Gasteiger charge is 2.24. The lowest BCUT2D eigenvalue weighted by molar-refractivity contribution is -0.116. The van der Waals surface area contributed by atoms with Gasteiger partial charge in [-0.05, 0) is 66.5 Å². The average molecular weight is 364 g/mol. The molecule has 4 heteroatoms. The summed E-state index contributed by atoms with van der Waals surface area (Å²) in [6.07, 6.45) is 2.57. The molecule has 2 aromatic carbocycles. The van der Waals surface area contributed by atoms with Crippen molar-refractivity contribution in [3.05, 3.63) is 64.7 Å². The fourth-order valence-electron chi connectivity index (χ4n) is 3.63. The fraction of sp³-hybridized carbons (Fsp3) is 0.391. The Balaban J connectivity index is 1.61. The van der Waals surface area contributed by atoms with Crippen molar-refractivity contribution < 1.29 is 9.59 Å². The second kappa shape index (κ2) is 8.38. The molecule has 142 valence electrons. The number of aryl methyl sites for hydroxylation is 2. The maximum absolute atomic E-state index is 12.5. The lowest BCUT2D eigenvalue weighted by Gasteiger charge is -2.14. The van der Waals surface area contributed by atoms with E-state index < -0.39 is 0 Å². The molecule has 1 aliphatic rings. The van der Waals surface area contributed by atoms with E-state index in [1.54, 1.807) is 6.07 Å². The minimum atomic E-state index is -0.0766. The molecule has 2 N–H and O–H groups in total. The Kier molecular flexibility index (Phi) is 5.94. The molecule has 4 nitrogen and oxygen atoms in total. The van der Waals surface area contributed by atoms with Crippen molar-refractivity contribution in [2.24, 2.45) is 5.92 Å². The number of anilines is 1. The van der Waals surface area contributed by atoms with E-state index in [-0.39, 0.29) is 11.8 Å². The zero-order valence-electron chi connectivity index (χ0n) is 16.3. The second-order valence-corrected chi connectivity index (χ2v) is 7.82. The van der Waals surface area contributed by atoms with Gasteiger partial charge in [-0.15, -0.1) is 0 Å². The van der Waals surface area contributed by atoms with Crippen molar-refractivity contribution >= 4 is 17.5 Å². The minimum Gasteiger partial charge on any atom is -0.352 e. The van der Waals surface area contributed by atoms with Crippen LogP contribution in [0.25, 0.3) is 0 Å². The molecule has 0 fully saturated rings. The summed E-state index contributed by atoms with van der Waals surface area (Å²) < 4.78 is 0. The minimum absolute atomic E-state index is 0.0248. The molecule has 0 saturated heterocycles. The van der Waals surface area contributed by atoms with Crippen LogP contribution in [0.1, 0.15) is 59.7 Å². The summed E-state index contributed by atoms with van der Waals surface area (Å²) in [5.74, 6) is 0.654. The third kappa shape index (κ3) is 4.76. The van der Waals surface area contributed by atoms with Crippen LogP contribution in [0.3, 0.4) is 0 Å². The van der Waals surface area contributed by atoms with Crippen LogP contribution in [0.2, 0.25) is 0 Å². The summed E-state index contributed by atoms with van der Waals surface area (Å²) in [7, 11) is 0. The van der Waals surface area contributed by atoms with Gasteiger partial charge in [0.15, 0.2) is 0 Å². The molecule has 0 saturated carbocycles. The first-order valence-corrected chi connectivity index (χ1v) is 9.70. The Bertz CT molecular complexity index is 842. The highest BCUT2D eigenvalue weighted by molar-refractivity contribution is 5.96. The molecule has 0 radical (unpaired) electrons. The van der Waals surface area contributed by atoms with Crippen LogP contribution in [-0.4, -0.2) is 18.4 Å². The van der Waals surface area contributed by atoms with Crippen LogP contribution >= 0.6 is 0 Å². The van der Waals surface area contributed by atoms with E-state index in [0.717, 1.165) is 24.1 Å². The van der Waals surface area contributed by atoms with Crippen molar-refractivity contribution in [1.82, 2.24) is 5.32 Å². The van der Waals surface area contributed by atoms with E-state index in [1.165, 1.54) is 11.1 Å². The van der Waals surface area contributed by atoms with Crippen molar-refractivity contribution in [3.63, 3.8) is 0 Å². The smallest absolute Gasteiger partial charge is 0.251 e. The monoisotopic (exact) mass is 364 g/mol. The Labute approximate surface area is 161 Å². The molecule has 0 bridgehead atoms. The van der Waals surface area contributed by atoms with Crippen molar-refractivity contribution in [2.45, 2.75) is 46.0 Å². The number of benzene rings is 2. The Morgan fingerprint density at radius 1 is 1.15 bits per heavy atom. The first kappa shape index (κ1) is 19.2. The van der Waals surface area contributed by atoms with Crippen LogP contribution in [0, 0.1) is 12.8 Å². The number of hydrogen-bond acceptors (Lipinski definition) is 2. The maximum atomic E-state index is 12.5. The molecule has 1 atom stereocenters. The summed E-state index contributed by atoms with van der Waals surface area (Å²) in [5, 5.41) is 5.93. The summed E-state index contributed by atoms with van der Waals surface area (Å²) in [6, 6.07) is 13.8. The van der Waals surface area contributed by atoms with Crippen LogP contribution < -0.4 is 10.6 Å². The first-order valence-electron chi connectivity index (χ1n) is 9.70. The molecule has 1 unspecified atom stereocenters. The fourth-order valence-corrected chi connectivity index (χ4v) is 3.63. The summed E-state index contributed by atoms with van der Waals surface area (Å²) in [5.41, 5.74) is 4.96. The van der Waals surface area contributed by atoms with Gasteiger partial charge in [-0.2, -0.15) is 0 Å². The van der Waals surface area contributed by atoms with Crippen molar-refractivity contribution in [2.75, 3.05) is 11.9 Å². The van der Waals surface area contributed by atoms with Gasteiger partial charge < -0.3 is 10.6 Å². The molecule has 0 aliphatic heterocycles. The Morgan fingerprint density at radius 3 is 2.67 bits per heavy atom. The molecule has 2 aromatic rings. The second-order valence-electron chi connectivity index (χ2n) is 7.82. The van der Waals surface area contributed by atoms with Crippen LogP contribution in [0.4, 0.5) is 5.69 Å². The van der Waals surface area contributed by atoms with Gasteiger partial charge >= 0.3 is 0 Å². The number of hydrogen-bond donors (Lipinski definition) is 2. The molecule has 0 heterocycles. The SMILES string of the molecule is Cc1cc(C(=O)NCC(C)C)ccc1NC(=O)CC1CCc2ccccc21. The van der Waals surface area contributed by atoms with Gasteiger partial charge in [0.1, 0.15) is 0 Å². The van der Waals surface area contributed by atoms with Crippen LogP contribution in [0.5, 0.6) is 0 Å². The molecule has 3 rings (SSSR count). The number of nitrogens with one attached hydrogen (secondary N) is 2. The highest BCUT2D eigenvalue weighted by atomic mass is 16.2. The number of carbonyl (C=O) groups excluding carboxylic acids is 2. The van der Waals surface area contributed by atoms with E-state index in [1.807, 2.05) is 25.1 Å². The van der Waals surface area contributed by atoms with Crippen molar-refractivity contribution in [3.8, 4) is 0 Å². The Hall–Kier alpha value is -2.62. The Morgan fingerprint density at radius 2 is 1.93 bits per heavy atom. The number of rotatable bonds is 6. The zero-order chi connectivity index (χ0) is 19.4. The first-order chi connectivity index (χ1) is 12.9. The summed E-state index contributed by atoms with van der Waals surface area (Å²) in [6.45, 7) is 6.69. The van der Waals surface area contributed by atoms with Gasteiger partial charge in [-0.3, -0.25) is 9.59 Å². The third-order valence-corrected chi connectivity index (χ3v) is 5.12. The number of amides is 2. The molecular formula is C23H28N2O2. The van der Waals surface area contributed by atoms with E-state index in [9.17, 15) is 9.59 Å². The van der Waals surface area contributed by atoms with Crippen LogP contribution in [-0.2, 0) is 11.2 Å². The maximum Gasteiger partial charge on any atom is 0.251 e. The molecule has 1 aliphatic carbocycles. The van der Waals surface area contributed by atoms with E-state index >= 15 is 0 Å². The largest absolute Gasteiger partial charge is 0.352 e. The molecular weight excluding hydrogens is 336 g/mol. The molecule has 0 aromatic heterocycles. The zero-order valence-corrected chi connectivity index (χ0v) is 16.3. The number of fused-ring (bicyclic) bond motifs is 1. The normalized spacial score (nSPS) is 15.5. The standard InChI is InChI=1S/C23H28N2O2/c1-15(2)14-24-23(27)19-10-11-21(16(3)12-19)25-22(26)13-18-9-8-17-6-4-5-7-20(17)18/h4-7,10-12,15,18H,8-9,13-14H2,1-3H3,(H,24,27)(H,25,26). The van der Waals surface area contributed by atoms with Gasteiger partial charge in [0.25, 0.3) is 5.91 Å². The lowest BCUT2D eigenvalue weighted by atomic mass is 9.97. The van der Waals surface area contributed by atoms with E-state index in [0.29, 0.717) is 30.4 Å². The highest BCUT2D eigenvalue weighted by Crippen LogP contribution is 2.35. The predicted octanol–water partition coefficient (Wildman–Crippen LogP) is 4.44. The number of carbonyl (C=O) groups is 2. The van der Waals surface area contributed by atoms with Crippen LogP contribution in [0.15, 0.2) is 42.5 Å². The predicted molar refractivity (Wildman–Crippen MR) is 109 cm³/mol. The average Bonchev–Trinajstić information content (AvgIpc) is 3.04. The third-order valence-electron chi connectivity index (χ3n) is 5.12. The van der Waals surface area contributed by atoms with Gasteiger partial charge in [0.05, 0.1) is 0 Å². The van der Waals surface area contributed by atoms with Gasteiger partial charge in [-0.25, -0.2) is 0 Å². The molecule has 0 spiro atoms. The van der Waals surface area contributed by atoms with E-state index in [2.05, 4.69) is 42.7 Å². The molecule has 2 amide bonds. The molecule has 27 heavy (non-hydrogen) atoms. The van der Waals surface area contributed by atoms with Gasteiger partial charge in [-0.1, -0.05) is 38.1 Å². The van der Waals surface area contributed by atoms with Gasteiger partial charge in [0, 0.05) is 24.2 Å². The van der Waals surface area contributed by atoms with Gasteiger partial charge in [0.2, 0.25) is 5.91 Å². The lowest BCUT2D eigenvalue weighted by Crippen LogP contribution is -2.27.